The molecule has 0 N–H and O–H groups in total. The molecule has 1 aromatic carbocycles. The predicted molar refractivity (Wildman–Crippen MR) is 75.4 cm³/mol. The van der Waals surface area contributed by atoms with Gasteiger partial charge in [0.05, 0.1) is 6.04 Å². The highest BCUT2D eigenvalue weighted by atomic mass is 16.1. The Morgan fingerprint density at radius 2 is 2.11 bits per heavy atom. The van der Waals surface area contributed by atoms with Crippen LogP contribution in [0.25, 0.3) is 16.5 Å². The standard InChI is InChI=1S/C15H15N3O/c16-18-17-14-10-5-11-15(19)13(14)9-4-8-12-6-2-1-3-7-12/h1-4,6-9,14H,5,10-11H2. The molecular formula is C15H15N3O. The summed E-state index contributed by atoms with van der Waals surface area (Å²) in [4.78, 5) is 14.7. The SMILES string of the molecule is [N-]=[N+]=NC1CCCC(=O)C1=CC=Cc1ccccc1. The molecule has 1 fully saturated rings. The number of allylic oxidation sites excluding steroid dienone is 2. The van der Waals surface area contributed by atoms with Crippen LogP contribution in [0.4, 0.5) is 0 Å². The van der Waals surface area contributed by atoms with Crippen LogP contribution in [0.2, 0.25) is 0 Å². The first kappa shape index (κ1) is 13.1. The number of azide groups is 1. The van der Waals surface area contributed by atoms with Crippen LogP contribution in [0, 0.1) is 0 Å². The summed E-state index contributed by atoms with van der Waals surface area (Å²) >= 11 is 0. The molecule has 0 aromatic heterocycles. The lowest BCUT2D eigenvalue weighted by Gasteiger charge is -2.19. The fourth-order valence-corrected chi connectivity index (χ4v) is 2.15. The van der Waals surface area contributed by atoms with Gasteiger partial charge in [-0.3, -0.25) is 4.79 Å². The molecular weight excluding hydrogens is 238 g/mol. The van der Waals surface area contributed by atoms with Crippen molar-refractivity contribution in [2.24, 2.45) is 5.11 Å². The number of hydrogen-bond donors (Lipinski definition) is 0. The molecule has 4 heteroatoms. The lowest BCUT2D eigenvalue weighted by molar-refractivity contribution is -0.116. The van der Waals surface area contributed by atoms with E-state index in [-0.39, 0.29) is 11.8 Å². The molecule has 96 valence electrons. The summed E-state index contributed by atoms with van der Waals surface area (Å²) in [6.07, 6.45) is 7.63. The highest BCUT2D eigenvalue weighted by Gasteiger charge is 2.23. The summed E-state index contributed by atoms with van der Waals surface area (Å²) < 4.78 is 0. The Kier molecular flexibility index (Phi) is 4.54. The highest BCUT2D eigenvalue weighted by molar-refractivity contribution is 5.97. The van der Waals surface area contributed by atoms with E-state index in [9.17, 15) is 4.79 Å². The molecule has 0 radical (unpaired) electrons. The van der Waals surface area contributed by atoms with Gasteiger partial charge >= 0.3 is 0 Å². The Labute approximate surface area is 112 Å². The minimum Gasteiger partial charge on any atom is -0.295 e. The van der Waals surface area contributed by atoms with Crippen LogP contribution >= 0.6 is 0 Å². The summed E-state index contributed by atoms with van der Waals surface area (Å²) in [5, 5.41) is 3.70. The van der Waals surface area contributed by atoms with Crippen molar-refractivity contribution in [2.45, 2.75) is 25.3 Å². The van der Waals surface area contributed by atoms with Gasteiger partial charge in [0.15, 0.2) is 5.78 Å². The Morgan fingerprint density at radius 1 is 1.32 bits per heavy atom. The maximum Gasteiger partial charge on any atom is 0.159 e. The number of hydrogen-bond acceptors (Lipinski definition) is 2. The van der Waals surface area contributed by atoms with E-state index < -0.39 is 0 Å². The van der Waals surface area contributed by atoms with Crippen LogP contribution in [0.15, 0.2) is 53.2 Å². The molecule has 2 rings (SSSR count). The second kappa shape index (κ2) is 6.57. The third kappa shape index (κ3) is 3.57. The number of benzene rings is 1. The summed E-state index contributed by atoms with van der Waals surface area (Å²) in [6, 6.07) is 9.54. The van der Waals surface area contributed by atoms with Gasteiger partial charge in [0.25, 0.3) is 0 Å². The lowest BCUT2D eigenvalue weighted by Crippen LogP contribution is -2.21. The van der Waals surface area contributed by atoms with Crippen molar-refractivity contribution in [3.05, 3.63) is 64.1 Å². The van der Waals surface area contributed by atoms with E-state index in [1.165, 1.54) is 0 Å². The van der Waals surface area contributed by atoms with Crippen molar-refractivity contribution in [3.8, 4) is 0 Å². The molecule has 1 saturated carbocycles. The van der Waals surface area contributed by atoms with Gasteiger partial charge in [0.2, 0.25) is 0 Å². The Bertz CT molecular complexity index is 554. The van der Waals surface area contributed by atoms with Crippen LogP contribution in [-0.2, 0) is 4.79 Å². The van der Waals surface area contributed by atoms with Gasteiger partial charge in [-0.2, -0.15) is 0 Å². The first-order valence-corrected chi connectivity index (χ1v) is 6.32. The number of Topliss-reactive ketones (excluding diaryl/α,β-unsaturated/α-hetero) is 1. The van der Waals surface area contributed by atoms with Gasteiger partial charge < -0.3 is 0 Å². The number of nitrogens with zero attached hydrogens (tertiary/aromatic N) is 3. The van der Waals surface area contributed by atoms with Crippen molar-refractivity contribution in [1.82, 2.24) is 0 Å². The van der Waals surface area contributed by atoms with Crippen molar-refractivity contribution in [1.29, 1.82) is 0 Å². The fourth-order valence-electron chi connectivity index (χ4n) is 2.15. The Morgan fingerprint density at radius 3 is 2.84 bits per heavy atom. The normalized spacial score (nSPS) is 21.6. The molecule has 1 unspecified atom stereocenters. The number of ketones is 1. The average molecular weight is 253 g/mol. The maximum atomic E-state index is 11.8. The van der Waals surface area contributed by atoms with Crippen molar-refractivity contribution in [2.75, 3.05) is 0 Å². The van der Waals surface area contributed by atoms with Gasteiger partial charge in [-0.15, -0.1) is 0 Å². The van der Waals surface area contributed by atoms with Crippen molar-refractivity contribution < 1.29 is 4.79 Å². The molecule has 1 aromatic rings. The van der Waals surface area contributed by atoms with E-state index in [0.29, 0.717) is 12.0 Å². The topological polar surface area (TPSA) is 65.8 Å². The van der Waals surface area contributed by atoms with Gasteiger partial charge in [-0.05, 0) is 23.9 Å². The summed E-state index contributed by atoms with van der Waals surface area (Å²) in [7, 11) is 0. The quantitative estimate of drug-likeness (QED) is 0.346. The van der Waals surface area contributed by atoms with Gasteiger partial charge in [-0.1, -0.05) is 53.7 Å². The first-order valence-electron chi connectivity index (χ1n) is 6.32. The van der Waals surface area contributed by atoms with Crippen LogP contribution in [-0.4, -0.2) is 11.8 Å². The maximum absolute atomic E-state index is 11.8. The van der Waals surface area contributed by atoms with Crippen LogP contribution < -0.4 is 0 Å². The van der Waals surface area contributed by atoms with Crippen molar-refractivity contribution in [3.63, 3.8) is 0 Å². The molecule has 0 saturated heterocycles. The van der Waals surface area contributed by atoms with E-state index in [1.807, 2.05) is 42.5 Å². The zero-order valence-electron chi connectivity index (χ0n) is 10.6. The Hall–Kier alpha value is -2.32. The molecule has 0 heterocycles. The van der Waals surface area contributed by atoms with Gasteiger partial charge in [0.1, 0.15) is 0 Å². The molecule has 1 atom stereocenters. The van der Waals surface area contributed by atoms with E-state index in [1.54, 1.807) is 6.08 Å². The molecule has 0 bridgehead atoms. The predicted octanol–water partition coefficient (Wildman–Crippen LogP) is 4.06. The van der Waals surface area contributed by atoms with Crippen molar-refractivity contribution >= 4 is 11.9 Å². The minimum absolute atomic E-state index is 0.0846. The average Bonchev–Trinajstić information content (AvgIpc) is 2.43. The lowest BCUT2D eigenvalue weighted by atomic mass is 9.89. The highest BCUT2D eigenvalue weighted by Crippen LogP contribution is 2.23. The van der Waals surface area contributed by atoms with Crippen LogP contribution in [0.1, 0.15) is 24.8 Å². The molecule has 0 aliphatic heterocycles. The van der Waals surface area contributed by atoms with E-state index in [4.69, 9.17) is 5.53 Å². The van der Waals surface area contributed by atoms with E-state index >= 15 is 0 Å². The molecule has 1 aliphatic rings. The minimum atomic E-state index is -0.313. The summed E-state index contributed by atoms with van der Waals surface area (Å²) in [5.74, 6) is 0.0846. The second-order valence-corrected chi connectivity index (χ2v) is 4.43. The number of carbonyl (C=O) groups excluding carboxylic acids is 1. The molecule has 0 amide bonds. The molecule has 0 spiro atoms. The monoisotopic (exact) mass is 253 g/mol. The fraction of sp³-hybridized carbons (Fsp3) is 0.267. The van der Waals surface area contributed by atoms with Gasteiger partial charge in [0, 0.05) is 16.9 Å². The number of rotatable bonds is 3. The van der Waals surface area contributed by atoms with E-state index in [2.05, 4.69) is 10.0 Å². The second-order valence-electron chi connectivity index (χ2n) is 4.43. The molecule has 19 heavy (non-hydrogen) atoms. The third-order valence-corrected chi connectivity index (χ3v) is 3.12. The zero-order chi connectivity index (χ0) is 13.5. The van der Waals surface area contributed by atoms with Crippen LogP contribution in [0.5, 0.6) is 0 Å². The number of carbonyl (C=O) groups is 1. The van der Waals surface area contributed by atoms with Crippen LogP contribution in [0.3, 0.4) is 0 Å². The largest absolute Gasteiger partial charge is 0.295 e. The molecule has 1 aliphatic carbocycles. The summed E-state index contributed by atoms with van der Waals surface area (Å²) in [6.45, 7) is 0. The van der Waals surface area contributed by atoms with Gasteiger partial charge in [-0.25, -0.2) is 0 Å². The van der Waals surface area contributed by atoms with E-state index in [0.717, 1.165) is 18.4 Å². The summed E-state index contributed by atoms with van der Waals surface area (Å²) in [5.41, 5.74) is 10.2. The zero-order valence-corrected chi connectivity index (χ0v) is 10.6. The smallest absolute Gasteiger partial charge is 0.159 e. The Balaban J connectivity index is 2.17. The third-order valence-electron chi connectivity index (χ3n) is 3.12. The first-order chi connectivity index (χ1) is 9.31. The molecule has 4 nitrogen and oxygen atoms in total.